The van der Waals surface area contributed by atoms with Crippen LogP contribution in [-0.2, 0) is 6.18 Å². The molecule has 5 heteroatoms. The number of anilines is 1. The smallest absolute Gasteiger partial charge is 0.382 e. The number of rotatable bonds is 2. The minimum Gasteiger partial charge on any atom is -0.382 e. The predicted octanol–water partition coefficient (Wildman–Crippen LogP) is 4.71. The van der Waals surface area contributed by atoms with Gasteiger partial charge in [-0.2, -0.15) is 13.2 Å². The molecule has 0 spiro atoms. The third kappa shape index (κ3) is 3.06. The number of hydrogen-bond donors (Lipinski definition) is 1. The Labute approximate surface area is 103 Å². The summed E-state index contributed by atoms with van der Waals surface area (Å²) in [4.78, 5) is 0. The highest BCUT2D eigenvalue weighted by atomic mass is 35.5. The summed E-state index contributed by atoms with van der Waals surface area (Å²) >= 11 is 5.61. The Hall–Kier alpha value is -0.900. The highest BCUT2D eigenvalue weighted by Gasteiger charge is 2.34. The molecule has 94 valence electrons. The number of hydrogen-bond acceptors (Lipinski definition) is 1. The van der Waals surface area contributed by atoms with Gasteiger partial charge < -0.3 is 5.32 Å². The lowest BCUT2D eigenvalue weighted by Crippen LogP contribution is -2.18. The maximum absolute atomic E-state index is 12.8. The van der Waals surface area contributed by atoms with E-state index in [1.807, 2.05) is 0 Å². The Bertz CT molecular complexity index is 397. The molecule has 1 aromatic carbocycles. The fourth-order valence-corrected chi connectivity index (χ4v) is 2.34. The first-order valence-corrected chi connectivity index (χ1v) is 5.98. The van der Waals surface area contributed by atoms with Crippen LogP contribution in [0.2, 0.25) is 5.02 Å². The van der Waals surface area contributed by atoms with Gasteiger partial charge in [-0.1, -0.05) is 24.4 Å². The second-order valence-electron chi connectivity index (χ2n) is 4.31. The number of nitrogens with one attached hydrogen (secondary N) is 1. The molecule has 0 saturated heterocycles. The molecule has 0 aromatic heterocycles. The number of alkyl halides is 3. The average molecular weight is 264 g/mol. The molecule has 1 nitrogen and oxygen atoms in total. The fraction of sp³-hybridized carbons (Fsp3) is 0.500. The summed E-state index contributed by atoms with van der Waals surface area (Å²) in [5, 5.41) is 3.07. The molecule has 1 saturated carbocycles. The molecule has 1 aromatic rings. The summed E-state index contributed by atoms with van der Waals surface area (Å²) in [6.07, 6.45) is -0.356. The van der Waals surface area contributed by atoms with Crippen molar-refractivity contribution in [2.24, 2.45) is 0 Å². The summed E-state index contributed by atoms with van der Waals surface area (Å²) in [5.41, 5.74) is -0.550. The molecule has 1 N–H and O–H groups in total. The van der Waals surface area contributed by atoms with Crippen LogP contribution in [0.5, 0.6) is 0 Å². The van der Waals surface area contributed by atoms with Gasteiger partial charge in [-0.05, 0) is 31.0 Å². The monoisotopic (exact) mass is 263 g/mol. The Morgan fingerprint density at radius 1 is 1.18 bits per heavy atom. The van der Waals surface area contributed by atoms with Crippen LogP contribution in [-0.4, -0.2) is 6.04 Å². The zero-order chi connectivity index (χ0) is 12.5. The molecule has 1 aliphatic rings. The Kier molecular flexibility index (Phi) is 3.52. The van der Waals surface area contributed by atoms with E-state index in [2.05, 4.69) is 5.32 Å². The van der Waals surface area contributed by atoms with Crippen LogP contribution in [0.1, 0.15) is 31.2 Å². The molecule has 0 atom stereocenters. The van der Waals surface area contributed by atoms with Gasteiger partial charge in [-0.15, -0.1) is 0 Å². The second-order valence-corrected chi connectivity index (χ2v) is 4.75. The van der Waals surface area contributed by atoms with E-state index in [0.29, 0.717) is 0 Å². The van der Waals surface area contributed by atoms with Crippen molar-refractivity contribution in [3.05, 3.63) is 28.8 Å². The highest BCUT2D eigenvalue weighted by Crippen LogP contribution is 2.37. The second kappa shape index (κ2) is 4.77. The lowest BCUT2D eigenvalue weighted by Gasteiger charge is -2.18. The van der Waals surface area contributed by atoms with E-state index in [0.717, 1.165) is 31.7 Å². The average Bonchev–Trinajstić information content (AvgIpc) is 2.72. The zero-order valence-corrected chi connectivity index (χ0v) is 9.91. The van der Waals surface area contributed by atoms with Crippen LogP contribution in [0.4, 0.5) is 18.9 Å². The normalized spacial score (nSPS) is 17.4. The van der Waals surface area contributed by atoms with E-state index in [-0.39, 0.29) is 16.8 Å². The lowest BCUT2D eigenvalue weighted by molar-refractivity contribution is -0.137. The molecule has 2 rings (SSSR count). The van der Waals surface area contributed by atoms with Gasteiger partial charge in [0.1, 0.15) is 0 Å². The molecule has 1 fully saturated rings. The van der Waals surface area contributed by atoms with Gasteiger partial charge in [0.25, 0.3) is 0 Å². The van der Waals surface area contributed by atoms with E-state index in [1.54, 1.807) is 0 Å². The summed E-state index contributed by atoms with van der Waals surface area (Å²) in [7, 11) is 0. The van der Waals surface area contributed by atoms with E-state index in [9.17, 15) is 13.2 Å². The van der Waals surface area contributed by atoms with Gasteiger partial charge in [-0.25, -0.2) is 0 Å². The van der Waals surface area contributed by atoms with Crippen LogP contribution in [0, 0.1) is 0 Å². The van der Waals surface area contributed by atoms with Gasteiger partial charge in [0.15, 0.2) is 0 Å². The molecule has 1 aliphatic carbocycles. The van der Waals surface area contributed by atoms with E-state index in [4.69, 9.17) is 11.6 Å². The van der Waals surface area contributed by atoms with Crippen molar-refractivity contribution >= 4 is 17.3 Å². The van der Waals surface area contributed by atoms with Gasteiger partial charge in [0.05, 0.1) is 5.56 Å². The predicted molar refractivity (Wildman–Crippen MR) is 62.3 cm³/mol. The number of benzene rings is 1. The van der Waals surface area contributed by atoms with Gasteiger partial charge in [0.2, 0.25) is 0 Å². The Morgan fingerprint density at radius 2 is 1.82 bits per heavy atom. The van der Waals surface area contributed by atoms with Crippen molar-refractivity contribution in [2.45, 2.75) is 37.9 Å². The lowest BCUT2D eigenvalue weighted by atomic mass is 10.1. The van der Waals surface area contributed by atoms with Crippen molar-refractivity contribution in [2.75, 3.05) is 5.32 Å². The SMILES string of the molecule is FC(F)(F)c1cc(Cl)ccc1NC1CCCC1. The molecule has 0 heterocycles. The van der Waals surface area contributed by atoms with Crippen molar-refractivity contribution < 1.29 is 13.2 Å². The molecular formula is C12H13ClF3N. The first-order valence-electron chi connectivity index (χ1n) is 5.60. The fourth-order valence-electron chi connectivity index (χ4n) is 2.17. The van der Waals surface area contributed by atoms with Crippen LogP contribution in [0.3, 0.4) is 0 Å². The molecule has 0 bridgehead atoms. The van der Waals surface area contributed by atoms with Gasteiger partial charge >= 0.3 is 6.18 Å². The van der Waals surface area contributed by atoms with E-state index < -0.39 is 11.7 Å². The van der Waals surface area contributed by atoms with Crippen LogP contribution in [0.15, 0.2) is 18.2 Å². The van der Waals surface area contributed by atoms with E-state index >= 15 is 0 Å². The molecular weight excluding hydrogens is 251 g/mol. The molecule has 0 amide bonds. The highest BCUT2D eigenvalue weighted by molar-refractivity contribution is 6.30. The minimum absolute atomic E-state index is 0.106. The Balaban J connectivity index is 2.25. The van der Waals surface area contributed by atoms with Crippen molar-refractivity contribution in [3.63, 3.8) is 0 Å². The summed E-state index contributed by atoms with van der Waals surface area (Å²) < 4.78 is 38.4. The van der Waals surface area contributed by atoms with Gasteiger partial charge in [0, 0.05) is 16.8 Å². The quantitative estimate of drug-likeness (QED) is 0.815. The summed E-state index contributed by atoms with van der Waals surface area (Å²) in [6.45, 7) is 0. The standard InChI is InChI=1S/C12H13ClF3N/c13-8-5-6-11(10(7-8)12(14,15)16)17-9-3-1-2-4-9/h5-7,9,17H,1-4H2. The van der Waals surface area contributed by atoms with Crippen LogP contribution >= 0.6 is 11.6 Å². The first-order chi connectivity index (χ1) is 7.97. The molecule has 17 heavy (non-hydrogen) atoms. The van der Waals surface area contributed by atoms with Crippen LogP contribution in [0.25, 0.3) is 0 Å². The molecule has 0 aliphatic heterocycles. The number of halogens is 4. The molecule has 0 unspecified atom stereocenters. The maximum Gasteiger partial charge on any atom is 0.418 e. The molecule has 0 radical (unpaired) electrons. The summed E-state index contributed by atoms with van der Waals surface area (Å²) in [5.74, 6) is 0. The van der Waals surface area contributed by atoms with E-state index in [1.165, 1.54) is 12.1 Å². The first kappa shape index (κ1) is 12.6. The Morgan fingerprint density at radius 3 is 2.41 bits per heavy atom. The third-order valence-corrected chi connectivity index (χ3v) is 3.24. The summed E-state index contributed by atoms with van der Waals surface area (Å²) in [6, 6.07) is 4.01. The van der Waals surface area contributed by atoms with Gasteiger partial charge in [-0.3, -0.25) is 0 Å². The van der Waals surface area contributed by atoms with Crippen molar-refractivity contribution in [1.82, 2.24) is 0 Å². The van der Waals surface area contributed by atoms with Crippen LogP contribution < -0.4 is 5.32 Å². The largest absolute Gasteiger partial charge is 0.418 e. The topological polar surface area (TPSA) is 12.0 Å². The van der Waals surface area contributed by atoms with Crippen molar-refractivity contribution in [3.8, 4) is 0 Å². The minimum atomic E-state index is -4.37. The van der Waals surface area contributed by atoms with Crippen molar-refractivity contribution in [1.29, 1.82) is 0 Å². The third-order valence-electron chi connectivity index (χ3n) is 3.00. The maximum atomic E-state index is 12.8. The zero-order valence-electron chi connectivity index (χ0n) is 9.15.